The van der Waals surface area contributed by atoms with Gasteiger partial charge in [-0.1, -0.05) is 24.3 Å². The summed E-state index contributed by atoms with van der Waals surface area (Å²) in [6.45, 7) is 5.25. The summed E-state index contributed by atoms with van der Waals surface area (Å²) < 4.78 is 7.76. The van der Waals surface area contributed by atoms with Gasteiger partial charge in [0.2, 0.25) is 0 Å². The maximum atomic E-state index is 5.82. The molecule has 2 aromatic rings. The van der Waals surface area contributed by atoms with Gasteiger partial charge in [0.15, 0.2) is 5.96 Å². The van der Waals surface area contributed by atoms with Crippen molar-refractivity contribution in [2.75, 3.05) is 20.2 Å². The number of aliphatic imine (C=N–C) groups is 1. The summed E-state index contributed by atoms with van der Waals surface area (Å²) in [4.78, 5) is 4.32. The summed E-state index contributed by atoms with van der Waals surface area (Å²) in [7, 11) is 1.79. The zero-order chi connectivity index (χ0) is 17.5. The Labute approximate surface area is 172 Å². The van der Waals surface area contributed by atoms with E-state index in [1.165, 1.54) is 11.1 Å². The number of hydrogen-bond donors (Lipinski definition) is 2. The maximum absolute atomic E-state index is 5.82. The highest BCUT2D eigenvalue weighted by molar-refractivity contribution is 14.0. The molecule has 2 heterocycles. The Morgan fingerprint density at radius 3 is 2.73 bits per heavy atom. The first kappa shape index (κ1) is 20.7. The molecular formula is C19H28IN5O. The highest BCUT2D eigenvalue weighted by Crippen LogP contribution is 2.23. The number of ether oxygens (including phenoxy) is 1. The predicted molar refractivity (Wildman–Crippen MR) is 115 cm³/mol. The summed E-state index contributed by atoms with van der Waals surface area (Å²) in [5.74, 6) is 0.797. The van der Waals surface area contributed by atoms with E-state index in [0.717, 1.165) is 38.5 Å². The minimum Gasteiger partial charge on any atom is -0.373 e. The molecule has 1 aromatic carbocycles. The molecule has 1 aromatic heterocycles. The normalized spacial score (nSPS) is 19.8. The van der Waals surface area contributed by atoms with Crippen LogP contribution in [0.25, 0.3) is 0 Å². The number of hydrogen-bond acceptors (Lipinski definition) is 3. The Balaban J connectivity index is 0.00000243. The Hall–Kier alpha value is -1.61. The number of benzene rings is 1. The van der Waals surface area contributed by atoms with Crippen molar-refractivity contribution >= 4 is 29.9 Å². The van der Waals surface area contributed by atoms with Crippen molar-refractivity contribution in [3.8, 4) is 0 Å². The van der Waals surface area contributed by atoms with Gasteiger partial charge in [-0.25, -0.2) is 0 Å². The van der Waals surface area contributed by atoms with Gasteiger partial charge in [0, 0.05) is 39.1 Å². The van der Waals surface area contributed by atoms with Crippen molar-refractivity contribution in [3.05, 3.63) is 53.9 Å². The molecule has 7 heteroatoms. The van der Waals surface area contributed by atoms with E-state index in [-0.39, 0.29) is 29.6 Å². The second kappa shape index (κ2) is 9.91. The topological polar surface area (TPSA) is 63.5 Å². The summed E-state index contributed by atoms with van der Waals surface area (Å²) in [6, 6.07) is 10.3. The van der Waals surface area contributed by atoms with Crippen molar-refractivity contribution in [1.29, 1.82) is 0 Å². The summed E-state index contributed by atoms with van der Waals surface area (Å²) in [5.41, 5.74) is 2.40. The summed E-state index contributed by atoms with van der Waals surface area (Å²) in [6.07, 6.45) is 6.00. The van der Waals surface area contributed by atoms with E-state index in [1.807, 2.05) is 16.9 Å². The Kier molecular flexibility index (Phi) is 7.89. The standard InChI is InChI=1S/C19H27N5O.HI/c1-19(9-5-12-25-19)15-22-18(20-2)21-13-16-7-3-4-8-17(16)14-24-11-6-10-23-24;/h3-4,6-8,10-11H,5,9,12-15H2,1-2H3,(H2,20,21,22);1H. The van der Waals surface area contributed by atoms with E-state index in [1.54, 1.807) is 13.2 Å². The lowest BCUT2D eigenvalue weighted by Gasteiger charge is -2.24. The fourth-order valence-corrected chi connectivity index (χ4v) is 3.10. The minimum atomic E-state index is -0.0877. The zero-order valence-corrected chi connectivity index (χ0v) is 17.8. The Morgan fingerprint density at radius 2 is 2.08 bits per heavy atom. The van der Waals surface area contributed by atoms with Gasteiger partial charge < -0.3 is 15.4 Å². The smallest absolute Gasteiger partial charge is 0.191 e. The lowest BCUT2D eigenvalue weighted by atomic mass is 10.0. The molecule has 3 rings (SSSR count). The third-order valence-corrected chi connectivity index (χ3v) is 4.61. The van der Waals surface area contributed by atoms with Gasteiger partial charge >= 0.3 is 0 Å². The SMILES string of the molecule is CN=C(NCc1ccccc1Cn1cccn1)NCC1(C)CCCO1.I. The van der Waals surface area contributed by atoms with Gasteiger partial charge in [-0.15, -0.1) is 24.0 Å². The van der Waals surface area contributed by atoms with E-state index in [2.05, 4.69) is 51.9 Å². The number of nitrogens with zero attached hydrogens (tertiary/aromatic N) is 3. The van der Waals surface area contributed by atoms with Crippen LogP contribution in [-0.4, -0.2) is 41.5 Å². The van der Waals surface area contributed by atoms with Crippen LogP contribution in [0.3, 0.4) is 0 Å². The third-order valence-electron chi connectivity index (χ3n) is 4.61. The number of guanidine groups is 1. The van der Waals surface area contributed by atoms with Gasteiger partial charge in [0.1, 0.15) is 0 Å². The first-order valence-electron chi connectivity index (χ1n) is 8.81. The molecule has 0 saturated carbocycles. The monoisotopic (exact) mass is 469 g/mol. The fourth-order valence-electron chi connectivity index (χ4n) is 3.10. The highest BCUT2D eigenvalue weighted by atomic mass is 127. The molecule has 1 fully saturated rings. The molecule has 1 unspecified atom stereocenters. The molecule has 0 bridgehead atoms. The summed E-state index contributed by atoms with van der Waals surface area (Å²) in [5, 5.41) is 11.1. The van der Waals surface area contributed by atoms with Crippen LogP contribution in [0.1, 0.15) is 30.9 Å². The van der Waals surface area contributed by atoms with Crippen molar-refractivity contribution in [3.63, 3.8) is 0 Å². The molecule has 1 atom stereocenters. The minimum absolute atomic E-state index is 0. The molecule has 0 amide bonds. The van der Waals surface area contributed by atoms with E-state index in [0.29, 0.717) is 6.54 Å². The third kappa shape index (κ3) is 5.70. The average Bonchev–Trinajstić information content (AvgIpc) is 3.28. The molecule has 1 aliphatic heterocycles. The van der Waals surface area contributed by atoms with Gasteiger partial charge in [-0.3, -0.25) is 9.67 Å². The van der Waals surface area contributed by atoms with Crippen LogP contribution < -0.4 is 10.6 Å². The second-order valence-corrected chi connectivity index (χ2v) is 6.65. The predicted octanol–water partition coefficient (Wildman–Crippen LogP) is 2.78. The highest BCUT2D eigenvalue weighted by Gasteiger charge is 2.29. The Morgan fingerprint density at radius 1 is 1.27 bits per heavy atom. The molecule has 1 saturated heterocycles. The molecule has 0 spiro atoms. The van der Waals surface area contributed by atoms with Crippen LogP contribution in [0.4, 0.5) is 0 Å². The van der Waals surface area contributed by atoms with Gasteiger partial charge in [0.25, 0.3) is 0 Å². The first-order valence-corrected chi connectivity index (χ1v) is 8.81. The van der Waals surface area contributed by atoms with Crippen molar-refractivity contribution < 1.29 is 4.74 Å². The number of halogens is 1. The molecule has 2 N–H and O–H groups in total. The lowest BCUT2D eigenvalue weighted by molar-refractivity contribution is 0.0243. The van der Waals surface area contributed by atoms with Gasteiger partial charge in [-0.05, 0) is 37.0 Å². The first-order chi connectivity index (χ1) is 12.2. The fraction of sp³-hybridized carbons (Fsp3) is 0.474. The van der Waals surface area contributed by atoms with Crippen molar-refractivity contribution in [2.45, 2.75) is 38.5 Å². The molecule has 26 heavy (non-hydrogen) atoms. The van der Waals surface area contributed by atoms with Gasteiger partial charge in [-0.2, -0.15) is 5.10 Å². The largest absolute Gasteiger partial charge is 0.373 e. The van der Waals surface area contributed by atoms with E-state index in [4.69, 9.17) is 4.74 Å². The van der Waals surface area contributed by atoms with Gasteiger partial charge in [0.05, 0.1) is 12.1 Å². The van der Waals surface area contributed by atoms with Crippen LogP contribution in [0.15, 0.2) is 47.7 Å². The number of aromatic nitrogens is 2. The molecule has 142 valence electrons. The van der Waals surface area contributed by atoms with E-state index >= 15 is 0 Å². The molecular weight excluding hydrogens is 441 g/mol. The van der Waals surface area contributed by atoms with Crippen LogP contribution in [0.2, 0.25) is 0 Å². The van der Waals surface area contributed by atoms with Crippen molar-refractivity contribution in [1.82, 2.24) is 20.4 Å². The summed E-state index contributed by atoms with van der Waals surface area (Å²) >= 11 is 0. The second-order valence-electron chi connectivity index (χ2n) is 6.65. The molecule has 6 nitrogen and oxygen atoms in total. The molecule has 0 aliphatic carbocycles. The van der Waals surface area contributed by atoms with Crippen LogP contribution in [-0.2, 0) is 17.8 Å². The maximum Gasteiger partial charge on any atom is 0.191 e. The van der Waals surface area contributed by atoms with Crippen LogP contribution >= 0.6 is 24.0 Å². The Bertz CT molecular complexity index is 696. The van der Waals surface area contributed by atoms with Crippen LogP contribution in [0.5, 0.6) is 0 Å². The quantitative estimate of drug-likeness (QED) is 0.388. The van der Waals surface area contributed by atoms with Crippen LogP contribution in [0, 0.1) is 0 Å². The molecule has 0 radical (unpaired) electrons. The average molecular weight is 469 g/mol. The number of rotatable bonds is 6. The lowest BCUT2D eigenvalue weighted by Crippen LogP contribution is -2.45. The van der Waals surface area contributed by atoms with E-state index < -0.39 is 0 Å². The molecule has 1 aliphatic rings. The zero-order valence-electron chi connectivity index (χ0n) is 15.4. The van der Waals surface area contributed by atoms with Crippen molar-refractivity contribution in [2.24, 2.45) is 4.99 Å². The van der Waals surface area contributed by atoms with E-state index in [9.17, 15) is 0 Å². The number of nitrogens with one attached hydrogen (secondary N) is 2.